The minimum absolute atomic E-state index is 0.635. The van der Waals surface area contributed by atoms with Gasteiger partial charge in [-0.05, 0) is 43.3 Å². The van der Waals surface area contributed by atoms with Crippen LogP contribution in [0.15, 0.2) is 0 Å². The van der Waals surface area contributed by atoms with Crippen molar-refractivity contribution >= 4 is 0 Å². The smallest absolute Gasteiger partial charge is 0.165 e. The van der Waals surface area contributed by atoms with E-state index in [0.717, 1.165) is 38.4 Å². The fraction of sp³-hybridized carbons (Fsp3) is 0.909. The molecular formula is C11H22N6. The quantitative estimate of drug-likeness (QED) is 0.771. The lowest BCUT2D eigenvalue weighted by Crippen LogP contribution is -2.35. The van der Waals surface area contributed by atoms with Crippen LogP contribution in [0.4, 0.5) is 0 Å². The van der Waals surface area contributed by atoms with Gasteiger partial charge in [0.15, 0.2) is 5.82 Å². The van der Waals surface area contributed by atoms with E-state index < -0.39 is 0 Å². The minimum atomic E-state index is 0.635. The van der Waals surface area contributed by atoms with E-state index >= 15 is 0 Å². The van der Waals surface area contributed by atoms with E-state index in [4.69, 9.17) is 0 Å². The first kappa shape index (κ1) is 12.4. The van der Waals surface area contributed by atoms with Crippen molar-refractivity contribution in [3.05, 3.63) is 5.82 Å². The zero-order chi connectivity index (χ0) is 12.1. The summed E-state index contributed by atoms with van der Waals surface area (Å²) >= 11 is 0. The van der Waals surface area contributed by atoms with Crippen molar-refractivity contribution < 1.29 is 0 Å². The van der Waals surface area contributed by atoms with Crippen LogP contribution in [0.25, 0.3) is 0 Å². The lowest BCUT2D eigenvalue weighted by atomic mass is 10.2. The first-order valence-electron chi connectivity index (χ1n) is 6.46. The van der Waals surface area contributed by atoms with Gasteiger partial charge in [0.05, 0.1) is 6.54 Å². The molecule has 1 N–H and O–H groups in total. The average Bonchev–Trinajstić information content (AvgIpc) is 2.92. The van der Waals surface area contributed by atoms with Crippen molar-refractivity contribution in [1.82, 2.24) is 30.4 Å². The summed E-state index contributed by atoms with van der Waals surface area (Å²) in [6.07, 6.45) is 3.64. The van der Waals surface area contributed by atoms with Crippen LogP contribution in [0.3, 0.4) is 0 Å². The summed E-state index contributed by atoms with van der Waals surface area (Å²) in [6.45, 7) is 6.09. The molecule has 2 heterocycles. The predicted molar refractivity (Wildman–Crippen MR) is 65.5 cm³/mol. The third kappa shape index (κ3) is 3.47. The molecule has 0 aromatic carbocycles. The molecule has 0 radical (unpaired) electrons. The van der Waals surface area contributed by atoms with E-state index in [1.54, 1.807) is 0 Å². The zero-order valence-corrected chi connectivity index (χ0v) is 10.8. The summed E-state index contributed by atoms with van der Waals surface area (Å²) in [7, 11) is 2.13. The Kier molecular flexibility index (Phi) is 4.44. The largest absolute Gasteiger partial charge is 0.313 e. The van der Waals surface area contributed by atoms with Crippen molar-refractivity contribution in [1.29, 1.82) is 0 Å². The average molecular weight is 238 g/mol. The molecule has 1 aliphatic rings. The summed E-state index contributed by atoms with van der Waals surface area (Å²) in [6, 6.07) is 0.635. The van der Waals surface area contributed by atoms with E-state index in [2.05, 4.69) is 39.7 Å². The highest BCUT2D eigenvalue weighted by atomic mass is 15.5. The molecule has 1 fully saturated rings. The second-order valence-electron chi connectivity index (χ2n) is 4.81. The Hall–Kier alpha value is -1.01. The molecule has 1 aliphatic heterocycles. The second kappa shape index (κ2) is 6.07. The highest BCUT2D eigenvalue weighted by Gasteiger charge is 2.17. The maximum absolute atomic E-state index is 4.09. The number of tetrazole rings is 1. The SMILES string of the molecule is CCCn1nnnc1CN(C)CC1CCCN1. The molecule has 6 nitrogen and oxygen atoms in total. The Balaban J connectivity index is 1.83. The summed E-state index contributed by atoms with van der Waals surface area (Å²) in [5, 5.41) is 15.3. The molecule has 0 bridgehead atoms. The van der Waals surface area contributed by atoms with Gasteiger partial charge in [0.1, 0.15) is 0 Å². The molecule has 1 aromatic heterocycles. The Morgan fingerprint density at radius 2 is 2.41 bits per heavy atom. The molecule has 0 aliphatic carbocycles. The molecule has 0 amide bonds. The number of likely N-dealkylation sites (N-methyl/N-ethyl adjacent to an activating group) is 1. The summed E-state index contributed by atoms with van der Waals surface area (Å²) in [5.74, 6) is 0.965. The summed E-state index contributed by atoms with van der Waals surface area (Å²) in [4.78, 5) is 2.29. The first-order valence-corrected chi connectivity index (χ1v) is 6.46. The summed E-state index contributed by atoms with van der Waals surface area (Å²) < 4.78 is 1.90. The molecular weight excluding hydrogens is 216 g/mol. The number of aromatic nitrogens is 4. The van der Waals surface area contributed by atoms with Gasteiger partial charge >= 0.3 is 0 Å². The lowest BCUT2D eigenvalue weighted by molar-refractivity contribution is 0.280. The van der Waals surface area contributed by atoms with Gasteiger partial charge in [-0.2, -0.15) is 0 Å². The molecule has 1 saturated heterocycles. The Labute approximate surface area is 102 Å². The molecule has 6 heteroatoms. The number of rotatable bonds is 6. The topological polar surface area (TPSA) is 58.9 Å². The van der Waals surface area contributed by atoms with Crippen LogP contribution in [0.5, 0.6) is 0 Å². The van der Waals surface area contributed by atoms with Crippen LogP contribution in [0.2, 0.25) is 0 Å². The van der Waals surface area contributed by atoms with Gasteiger partial charge in [-0.1, -0.05) is 6.92 Å². The van der Waals surface area contributed by atoms with E-state index in [-0.39, 0.29) is 0 Å². The fourth-order valence-corrected chi connectivity index (χ4v) is 2.32. The molecule has 96 valence electrons. The van der Waals surface area contributed by atoms with Crippen LogP contribution < -0.4 is 5.32 Å². The van der Waals surface area contributed by atoms with Crippen molar-refractivity contribution in [2.24, 2.45) is 0 Å². The number of nitrogens with one attached hydrogen (secondary N) is 1. The van der Waals surface area contributed by atoms with Crippen molar-refractivity contribution in [2.75, 3.05) is 20.1 Å². The zero-order valence-electron chi connectivity index (χ0n) is 10.8. The maximum atomic E-state index is 4.09. The van der Waals surface area contributed by atoms with Gasteiger partial charge < -0.3 is 5.32 Å². The standard InChI is InChI=1S/C11H22N6/c1-3-7-17-11(13-14-15-17)9-16(2)8-10-5-4-6-12-10/h10,12H,3-9H2,1-2H3. The van der Waals surface area contributed by atoms with Crippen LogP contribution >= 0.6 is 0 Å². The van der Waals surface area contributed by atoms with Crippen molar-refractivity contribution in [3.63, 3.8) is 0 Å². The van der Waals surface area contributed by atoms with E-state index in [9.17, 15) is 0 Å². The molecule has 1 atom stereocenters. The summed E-state index contributed by atoms with van der Waals surface area (Å²) in [5.41, 5.74) is 0. The molecule has 1 unspecified atom stereocenters. The van der Waals surface area contributed by atoms with Crippen LogP contribution in [-0.4, -0.2) is 51.3 Å². The first-order chi connectivity index (χ1) is 8.29. The van der Waals surface area contributed by atoms with Gasteiger partial charge in [0, 0.05) is 19.1 Å². The van der Waals surface area contributed by atoms with Gasteiger partial charge in [0.2, 0.25) is 0 Å². The number of hydrogen-bond donors (Lipinski definition) is 1. The van der Waals surface area contributed by atoms with Gasteiger partial charge in [0.25, 0.3) is 0 Å². The number of hydrogen-bond acceptors (Lipinski definition) is 5. The molecule has 17 heavy (non-hydrogen) atoms. The number of aryl methyl sites for hydroxylation is 1. The van der Waals surface area contributed by atoms with Crippen LogP contribution in [0, 0.1) is 0 Å². The van der Waals surface area contributed by atoms with Gasteiger partial charge in [-0.25, -0.2) is 4.68 Å². The van der Waals surface area contributed by atoms with Crippen LogP contribution in [-0.2, 0) is 13.1 Å². The third-order valence-electron chi connectivity index (χ3n) is 3.15. The predicted octanol–water partition coefficient (Wildman–Crippen LogP) is 0.267. The fourth-order valence-electron chi connectivity index (χ4n) is 2.32. The normalized spacial score (nSPS) is 20.3. The lowest BCUT2D eigenvalue weighted by Gasteiger charge is -2.20. The van der Waals surface area contributed by atoms with E-state index in [0.29, 0.717) is 6.04 Å². The molecule has 0 spiro atoms. The van der Waals surface area contributed by atoms with Gasteiger partial charge in [-0.3, -0.25) is 4.90 Å². The van der Waals surface area contributed by atoms with Crippen LogP contribution in [0.1, 0.15) is 32.0 Å². The Morgan fingerprint density at radius 1 is 1.53 bits per heavy atom. The Morgan fingerprint density at radius 3 is 3.12 bits per heavy atom. The molecule has 0 saturated carbocycles. The molecule has 1 aromatic rings. The minimum Gasteiger partial charge on any atom is -0.313 e. The molecule has 2 rings (SSSR count). The number of nitrogens with zero attached hydrogens (tertiary/aromatic N) is 5. The highest BCUT2D eigenvalue weighted by Crippen LogP contribution is 2.07. The maximum Gasteiger partial charge on any atom is 0.165 e. The van der Waals surface area contributed by atoms with Crippen molar-refractivity contribution in [2.45, 2.75) is 45.3 Å². The second-order valence-corrected chi connectivity index (χ2v) is 4.81. The van der Waals surface area contributed by atoms with Gasteiger partial charge in [-0.15, -0.1) is 5.10 Å². The van der Waals surface area contributed by atoms with Crippen molar-refractivity contribution in [3.8, 4) is 0 Å². The van der Waals surface area contributed by atoms with E-state index in [1.165, 1.54) is 12.8 Å². The highest BCUT2D eigenvalue weighted by molar-refractivity contribution is 4.83. The Bertz CT molecular complexity index is 330. The third-order valence-corrected chi connectivity index (χ3v) is 3.15. The monoisotopic (exact) mass is 238 g/mol. The van der Waals surface area contributed by atoms with E-state index in [1.807, 2.05) is 4.68 Å².